The summed E-state index contributed by atoms with van der Waals surface area (Å²) in [7, 11) is 0. The van der Waals surface area contributed by atoms with Gasteiger partial charge in [0.1, 0.15) is 5.82 Å². The number of halogens is 1. The molecule has 1 fully saturated rings. The molecule has 1 N–H and O–H groups in total. The predicted octanol–water partition coefficient (Wildman–Crippen LogP) is 2.85. The molecule has 1 saturated heterocycles. The highest BCUT2D eigenvalue weighted by molar-refractivity contribution is 5.27. The van der Waals surface area contributed by atoms with Crippen LogP contribution >= 0.6 is 0 Å². The van der Waals surface area contributed by atoms with Crippen molar-refractivity contribution in [3.8, 4) is 0 Å². The second kappa shape index (κ2) is 5.81. The fourth-order valence-corrected chi connectivity index (χ4v) is 2.79. The molecule has 1 aromatic carbocycles. The molecule has 2 rings (SSSR count). The maximum absolute atomic E-state index is 13.0. The van der Waals surface area contributed by atoms with Crippen molar-refractivity contribution in [3.05, 3.63) is 35.1 Å². The molecule has 1 aliphatic heterocycles. The molecule has 0 spiro atoms. The van der Waals surface area contributed by atoms with Gasteiger partial charge in [0.05, 0.1) is 12.2 Å². The molecular weight excluding hydrogens is 231 g/mol. The summed E-state index contributed by atoms with van der Waals surface area (Å²) < 4.78 is 18.6. The minimum atomic E-state index is -0.401. The van der Waals surface area contributed by atoms with Crippen molar-refractivity contribution in [2.75, 3.05) is 6.61 Å². The zero-order valence-electron chi connectivity index (χ0n) is 11.0. The molecule has 0 aliphatic carbocycles. The van der Waals surface area contributed by atoms with Crippen LogP contribution in [0.1, 0.15) is 30.9 Å². The molecule has 3 unspecified atom stereocenters. The van der Waals surface area contributed by atoms with Gasteiger partial charge in [0, 0.05) is 12.5 Å². The lowest BCUT2D eigenvalue weighted by Gasteiger charge is -2.23. The fourth-order valence-electron chi connectivity index (χ4n) is 2.79. The molecule has 0 aromatic heterocycles. The quantitative estimate of drug-likeness (QED) is 0.893. The minimum absolute atomic E-state index is 0.167. The standard InChI is InChI=1S/C15H21FO2/c1-3-15-13(6-7-18-15)14(17)9-11-4-5-12(16)8-10(11)2/h4-5,8,13-15,17H,3,6-7,9H2,1-2H3. The molecule has 100 valence electrons. The third kappa shape index (κ3) is 2.90. The first kappa shape index (κ1) is 13.5. The number of aliphatic hydroxyl groups excluding tert-OH is 1. The molecule has 18 heavy (non-hydrogen) atoms. The van der Waals surface area contributed by atoms with E-state index in [-0.39, 0.29) is 17.8 Å². The van der Waals surface area contributed by atoms with Gasteiger partial charge in [-0.15, -0.1) is 0 Å². The number of rotatable bonds is 4. The van der Waals surface area contributed by atoms with Gasteiger partial charge in [-0.1, -0.05) is 13.0 Å². The van der Waals surface area contributed by atoms with Crippen molar-refractivity contribution >= 4 is 0 Å². The topological polar surface area (TPSA) is 29.5 Å². The van der Waals surface area contributed by atoms with Crippen LogP contribution in [-0.4, -0.2) is 23.9 Å². The first-order valence-electron chi connectivity index (χ1n) is 6.66. The predicted molar refractivity (Wildman–Crippen MR) is 69.0 cm³/mol. The lowest BCUT2D eigenvalue weighted by Crippen LogP contribution is -2.29. The van der Waals surface area contributed by atoms with Gasteiger partial charge in [-0.3, -0.25) is 0 Å². The van der Waals surface area contributed by atoms with Crippen molar-refractivity contribution < 1.29 is 14.2 Å². The summed E-state index contributed by atoms with van der Waals surface area (Å²) in [5.41, 5.74) is 1.92. The second-order valence-corrected chi connectivity index (χ2v) is 5.11. The Morgan fingerprint density at radius 2 is 2.28 bits per heavy atom. The molecule has 0 amide bonds. The summed E-state index contributed by atoms with van der Waals surface area (Å²) in [6.07, 6.45) is 2.20. The van der Waals surface area contributed by atoms with Gasteiger partial charge >= 0.3 is 0 Å². The summed E-state index contributed by atoms with van der Waals surface area (Å²) in [5.74, 6) is -0.0131. The van der Waals surface area contributed by atoms with Crippen molar-refractivity contribution in [1.29, 1.82) is 0 Å². The molecule has 1 aromatic rings. The Morgan fingerprint density at radius 1 is 1.50 bits per heavy atom. The number of benzene rings is 1. The molecule has 1 aliphatic rings. The second-order valence-electron chi connectivity index (χ2n) is 5.11. The van der Waals surface area contributed by atoms with E-state index in [2.05, 4.69) is 6.92 Å². The van der Waals surface area contributed by atoms with Gasteiger partial charge in [0.25, 0.3) is 0 Å². The molecule has 0 radical (unpaired) electrons. The normalized spacial score (nSPS) is 25.3. The highest BCUT2D eigenvalue weighted by Gasteiger charge is 2.32. The number of aryl methyl sites for hydroxylation is 1. The van der Waals surface area contributed by atoms with E-state index in [1.165, 1.54) is 12.1 Å². The number of ether oxygens (including phenoxy) is 1. The Balaban J connectivity index is 2.04. The molecule has 0 bridgehead atoms. The van der Waals surface area contributed by atoms with Gasteiger partial charge in [0.15, 0.2) is 0 Å². The van der Waals surface area contributed by atoms with Crippen LogP contribution in [0.2, 0.25) is 0 Å². The average molecular weight is 252 g/mol. The average Bonchev–Trinajstić information content (AvgIpc) is 2.81. The van der Waals surface area contributed by atoms with E-state index in [9.17, 15) is 9.50 Å². The van der Waals surface area contributed by atoms with Crippen molar-refractivity contribution in [3.63, 3.8) is 0 Å². The zero-order chi connectivity index (χ0) is 13.1. The molecule has 0 saturated carbocycles. The van der Waals surface area contributed by atoms with Crippen LogP contribution in [0.5, 0.6) is 0 Å². The van der Waals surface area contributed by atoms with E-state index in [1.807, 2.05) is 6.92 Å². The van der Waals surface area contributed by atoms with E-state index >= 15 is 0 Å². The zero-order valence-corrected chi connectivity index (χ0v) is 11.0. The number of hydrogen-bond donors (Lipinski definition) is 1. The Kier molecular flexibility index (Phi) is 4.36. The maximum Gasteiger partial charge on any atom is 0.123 e. The van der Waals surface area contributed by atoms with Crippen LogP contribution in [0, 0.1) is 18.7 Å². The third-order valence-corrected chi connectivity index (χ3v) is 3.89. The van der Waals surface area contributed by atoms with E-state index in [0.29, 0.717) is 6.42 Å². The monoisotopic (exact) mass is 252 g/mol. The summed E-state index contributed by atoms with van der Waals surface area (Å²) in [4.78, 5) is 0. The summed E-state index contributed by atoms with van der Waals surface area (Å²) in [6.45, 7) is 4.70. The number of hydrogen-bond acceptors (Lipinski definition) is 2. The summed E-state index contributed by atoms with van der Waals surface area (Å²) >= 11 is 0. The lowest BCUT2D eigenvalue weighted by atomic mass is 9.88. The highest BCUT2D eigenvalue weighted by Crippen LogP contribution is 2.28. The molecule has 1 heterocycles. The van der Waals surface area contributed by atoms with E-state index < -0.39 is 6.10 Å². The first-order chi connectivity index (χ1) is 8.61. The SMILES string of the molecule is CCC1OCCC1C(O)Cc1ccc(F)cc1C. The molecular formula is C15H21FO2. The van der Waals surface area contributed by atoms with Gasteiger partial charge in [-0.05, 0) is 49.4 Å². The molecule has 2 nitrogen and oxygen atoms in total. The molecule has 3 heteroatoms. The van der Waals surface area contributed by atoms with Crippen molar-refractivity contribution in [1.82, 2.24) is 0 Å². The summed E-state index contributed by atoms with van der Waals surface area (Å²) in [5, 5.41) is 10.3. The fraction of sp³-hybridized carbons (Fsp3) is 0.600. The minimum Gasteiger partial charge on any atom is -0.392 e. The highest BCUT2D eigenvalue weighted by atomic mass is 19.1. The first-order valence-corrected chi connectivity index (χ1v) is 6.66. The van der Waals surface area contributed by atoms with Crippen molar-refractivity contribution in [2.24, 2.45) is 5.92 Å². The van der Waals surface area contributed by atoms with Crippen LogP contribution in [0.25, 0.3) is 0 Å². The van der Waals surface area contributed by atoms with Gasteiger partial charge in [0.2, 0.25) is 0 Å². The number of aliphatic hydroxyl groups is 1. The van der Waals surface area contributed by atoms with E-state index in [1.54, 1.807) is 6.07 Å². The van der Waals surface area contributed by atoms with Crippen LogP contribution in [-0.2, 0) is 11.2 Å². The Hall–Kier alpha value is -0.930. The van der Waals surface area contributed by atoms with Crippen LogP contribution in [0.4, 0.5) is 4.39 Å². The van der Waals surface area contributed by atoms with Crippen molar-refractivity contribution in [2.45, 2.75) is 45.3 Å². The summed E-state index contributed by atoms with van der Waals surface area (Å²) in [6, 6.07) is 4.74. The van der Waals surface area contributed by atoms with Crippen LogP contribution in [0.15, 0.2) is 18.2 Å². The largest absolute Gasteiger partial charge is 0.392 e. The van der Waals surface area contributed by atoms with E-state index in [4.69, 9.17) is 4.74 Å². The molecule has 3 atom stereocenters. The Bertz CT molecular complexity index is 405. The Morgan fingerprint density at radius 3 is 2.94 bits per heavy atom. The van der Waals surface area contributed by atoms with Crippen LogP contribution < -0.4 is 0 Å². The maximum atomic E-state index is 13.0. The smallest absolute Gasteiger partial charge is 0.123 e. The third-order valence-electron chi connectivity index (χ3n) is 3.89. The van der Waals surface area contributed by atoms with Crippen LogP contribution in [0.3, 0.4) is 0 Å². The van der Waals surface area contributed by atoms with Gasteiger partial charge in [-0.25, -0.2) is 4.39 Å². The lowest BCUT2D eigenvalue weighted by molar-refractivity contribution is 0.0317. The van der Waals surface area contributed by atoms with E-state index in [0.717, 1.165) is 30.6 Å². The van der Waals surface area contributed by atoms with Gasteiger partial charge in [-0.2, -0.15) is 0 Å². The Labute approximate surface area is 108 Å². The van der Waals surface area contributed by atoms with Gasteiger partial charge < -0.3 is 9.84 Å².